The first-order valence-corrected chi connectivity index (χ1v) is 7.59. The van der Waals surface area contributed by atoms with E-state index in [-0.39, 0.29) is 11.8 Å². The normalized spacial score (nSPS) is 23.3. The standard InChI is InChI=1S/C16H12N6O/c17-6-10-13(9-2-1-3-12-15(9)22-23-21-12)11-7-18-20-16(11)19-14(10)8-4-5-8/h1-3,7-8,10,13H,4-5H2,(H,18,20). The Kier molecular flexibility index (Phi) is 2.45. The van der Waals surface area contributed by atoms with Gasteiger partial charge in [0.2, 0.25) is 0 Å². The van der Waals surface area contributed by atoms with Crippen molar-refractivity contribution in [3.05, 3.63) is 35.5 Å². The lowest BCUT2D eigenvalue weighted by atomic mass is 9.76. The highest BCUT2D eigenvalue weighted by atomic mass is 16.6. The zero-order valence-electron chi connectivity index (χ0n) is 12.1. The summed E-state index contributed by atoms with van der Waals surface area (Å²) in [5.74, 6) is 0.692. The first kappa shape index (κ1) is 12.5. The lowest BCUT2D eigenvalue weighted by Gasteiger charge is -2.27. The number of aromatic nitrogens is 4. The Labute approximate surface area is 131 Å². The van der Waals surface area contributed by atoms with Gasteiger partial charge in [0.05, 0.1) is 18.2 Å². The Hall–Kier alpha value is -3.01. The molecule has 3 heterocycles. The number of nitriles is 1. The third-order valence-corrected chi connectivity index (χ3v) is 4.66. The van der Waals surface area contributed by atoms with E-state index in [1.807, 2.05) is 18.2 Å². The number of hydrogen-bond acceptors (Lipinski definition) is 6. The fourth-order valence-corrected chi connectivity index (χ4v) is 3.44. The number of H-pyrrole nitrogens is 1. The number of aromatic amines is 1. The molecule has 1 aromatic carbocycles. The largest absolute Gasteiger partial charge is 0.261 e. The van der Waals surface area contributed by atoms with Gasteiger partial charge in [-0.1, -0.05) is 12.1 Å². The van der Waals surface area contributed by atoms with Crippen molar-refractivity contribution in [3.63, 3.8) is 0 Å². The molecule has 23 heavy (non-hydrogen) atoms. The van der Waals surface area contributed by atoms with Crippen molar-refractivity contribution in [2.24, 2.45) is 16.8 Å². The number of nitrogens with zero attached hydrogens (tertiary/aromatic N) is 5. The minimum Gasteiger partial charge on any atom is -0.261 e. The molecule has 0 saturated heterocycles. The molecular formula is C16H12N6O. The Morgan fingerprint density at radius 3 is 2.96 bits per heavy atom. The van der Waals surface area contributed by atoms with Crippen molar-refractivity contribution < 1.29 is 4.63 Å². The maximum atomic E-state index is 9.83. The topological polar surface area (TPSA) is 104 Å². The van der Waals surface area contributed by atoms with Gasteiger partial charge in [0.25, 0.3) is 0 Å². The highest BCUT2D eigenvalue weighted by molar-refractivity contribution is 5.98. The molecule has 1 N–H and O–H groups in total. The van der Waals surface area contributed by atoms with Crippen molar-refractivity contribution in [2.75, 3.05) is 0 Å². The fraction of sp³-hybridized carbons (Fsp3) is 0.312. The van der Waals surface area contributed by atoms with Gasteiger partial charge in [-0.15, -0.1) is 0 Å². The van der Waals surface area contributed by atoms with Gasteiger partial charge < -0.3 is 0 Å². The summed E-state index contributed by atoms with van der Waals surface area (Å²) in [4.78, 5) is 4.68. The van der Waals surface area contributed by atoms with E-state index in [1.54, 1.807) is 6.20 Å². The summed E-state index contributed by atoms with van der Waals surface area (Å²) in [6, 6.07) is 8.21. The van der Waals surface area contributed by atoms with E-state index in [9.17, 15) is 5.26 Å². The van der Waals surface area contributed by atoms with Crippen LogP contribution in [-0.2, 0) is 0 Å². The molecule has 5 rings (SSSR count). The van der Waals surface area contributed by atoms with E-state index >= 15 is 0 Å². The molecule has 2 unspecified atom stereocenters. The second-order valence-corrected chi connectivity index (χ2v) is 6.05. The summed E-state index contributed by atoms with van der Waals surface area (Å²) in [5.41, 5.74) is 4.21. The molecule has 1 aliphatic heterocycles. The van der Waals surface area contributed by atoms with E-state index in [0.29, 0.717) is 17.0 Å². The molecule has 0 amide bonds. The molecule has 2 aromatic heterocycles. The van der Waals surface area contributed by atoms with Crippen LogP contribution in [0.15, 0.2) is 34.0 Å². The Balaban J connectivity index is 1.76. The number of fused-ring (bicyclic) bond motifs is 2. The Bertz CT molecular complexity index is 974. The molecule has 112 valence electrons. The molecule has 7 nitrogen and oxygen atoms in total. The zero-order valence-corrected chi connectivity index (χ0v) is 12.1. The van der Waals surface area contributed by atoms with Crippen molar-refractivity contribution in [1.82, 2.24) is 20.5 Å². The van der Waals surface area contributed by atoms with Crippen LogP contribution in [-0.4, -0.2) is 26.2 Å². The smallest absolute Gasteiger partial charge is 0.151 e. The molecule has 1 fully saturated rings. The van der Waals surface area contributed by atoms with E-state index in [0.717, 1.165) is 35.5 Å². The fourth-order valence-electron chi connectivity index (χ4n) is 3.44. The lowest BCUT2D eigenvalue weighted by Crippen LogP contribution is -2.26. The number of benzene rings is 1. The van der Waals surface area contributed by atoms with Crippen LogP contribution in [0.4, 0.5) is 5.82 Å². The zero-order chi connectivity index (χ0) is 15.4. The van der Waals surface area contributed by atoms with Crippen molar-refractivity contribution in [3.8, 4) is 6.07 Å². The van der Waals surface area contributed by atoms with Crippen LogP contribution in [0.5, 0.6) is 0 Å². The first-order valence-electron chi connectivity index (χ1n) is 7.59. The van der Waals surface area contributed by atoms with E-state index in [4.69, 9.17) is 4.63 Å². The van der Waals surface area contributed by atoms with Crippen LogP contribution < -0.4 is 0 Å². The van der Waals surface area contributed by atoms with Crippen LogP contribution in [0.2, 0.25) is 0 Å². The summed E-state index contributed by atoms with van der Waals surface area (Å²) >= 11 is 0. The van der Waals surface area contributed by atoms with Gasteiger partial charge in [-0.2, -0.15) is 10.4 Å². The van der Waals surface area contributed by atoms with Gasteiger partial charge in [0, 0.05) is 17.2 Å². The predicted molar refractivity (Wildman–Crippen MR) is 81.2 cm³/mol. The summed E-state index contributed by atoms with van der Waals surface area (Å²) < 4.78 is 4.88. The molecule has 1 aliphatic carbocycles. The molecule has 2 atom stereocenters. The van der Waals surface area contributed by atoms with Gasteiger partial charge in [-0.05, 0) is 40.7 Å². The molecule has 0 radical (unpaired) electrons. The summed E-state index contributed by atoms with van der Waals surface area (Å²) in [6.07, 6.45) is 3.95. The second kappa shape index (κ2) is 4.49. The van der Waals surface area contributed by atoms with Gasteiger partial charge >= 0.3 is 0 Å². The maximum Gasteiger partial charge on any atom is 0.151 e. The quantitative estimate of drug-likeness (QED) is 0.783. The third kappa shape index (κ3) is 1.75. The van der Waals surface area contributed by atoms with Crippen molar-refractivity contribution in [2.45, 2.75) is 18.8 Å². The molecule has 7 heteroatoms. The number of nitrogens with one attached hydrogen (secondary N) is 1. The van der Waals surface area contributed by atoms with E-state index in [2.05, 4.69) is 31.6 Å². The van der Waals surface area contributed by atoms with Crippen molar-refractivity contribution >= 4 is 22.6 Å². The molecule has 0 bridgehead atoms. The summed E-state index contributed by atoms with van der Waals surface area (Å²) in [6.45, 7) is 0. The first-order chi connectivity index (χ1) is 11.4. The monoisotopic (exact) mass is 304 g/mol. The van der Waals surface area contributed by atoms with Crippen LogP contribution >= 0.6 is 0 Å². The predicted octanol–water partition coefficient (Wildman–Crippen LogP) is 2.71. The van der Waals surface area contributed by atoms with E-state index in [1.165, 1.54) is 0 Å². The lowest BCUT2D eigenvalue weighted by molar-refractivity contribution is 0.315. The number of rotatable bonds is 2. The molecule has 0 spiro atoms. The van der Waals surface area contributed by atoms with Crippen molar-refractivity contribution in [1.29, 1.82) is 5.26 Å². The number of aliphatic imine (C=N–C) groups is 1. The number of hydrogen-bond donors (Lipinski definition) is 1. The highest BCUT2D eigenvalue weighted by Gasteiger charge is 2.42. The van der Waals surface area contributed by atoms with Gasteiger partial charge in [-0.25, -0.2) is 9.62 Å². The van der Waals surface area contributed by atoms with Gasteiger partial charge in [-0.3, -0.25) is 5.10 Å². The Morgan fingerprint density at radius 2 is 2.13 bits per heavy atom. The Morgan fingerprint density at radius 1 is 1.22 bits per heavy atom. The van der Waals surface area contributed by atoms with Gasteiger partial charge in [0.1, 0.15) is 11.0 Å². The van der Waals surface area contributed by atoms with Crippen LogP contribution in [0.3, 0.4) is 0 Å². The SMILES string of the molecule is N#CC1C(C2CC2)=Nc2[nH]ncc2C1c1cccc2nonc12. The average molecular weight is 304 g/mol. The minimum atomic E-state index is -0.310. The molecule has 2 aliphatic rings. The van der Waals surface area contributed by atoms with Crippen LogP contribution in [0, 0.1) is 23.2 Å². The van der Waals surface area contributed by atoms with Gasteiger partial charge in [0.15, 0.2) is 5.82 Å². The van der Waals surface area contributed by atoms with E-state index < -0.39 is 0 Å². The molecular weight excluding hydrogens is 292 g/mol. The summed E-state index contributed by atoms with van der Waals surface area (Å²) in [7, 11) is 0. The van der Waals surface area contributed by atoms with Crippen LogP contribution in [0.25, 0.3) is 11.0 Å². The third-order valence-electron chi connectivity index (χ3n) is 4.66. The summed E-state index contributed by atoms with van der Waals surface area (Å²) in [5, 5.41) is 24.9. The average Bonchev–Trinajstić information content (AvgIpc) is 3.12. The maximum absolute atomic E-state index is 9.83. The second-order valence-electron chi connectivity index (χ2n) is 6.05. The highest BCUT2D eigenvalue weighted by Crippen LogP contribution is 2.47. The minimum absolute atomic E-state index is 0.155. The van der Waals surface area contributed by atoms with Crippen LogP contribution in [0.1, 0.15) is 29.9 Å². The molecule has 3 aromatic rings. The molecule has 1 saturated carbocycles.